The molecule has 0 saturated carbocycles. The SMILES string of the molecule is Cl.Cl.O=C(CCn1cccn1)NCC(N1CCNCC1)C(F)(F)F. The van der Waals surface area contributed by atoms with Gasteiger partial charge in [-0.25, -0.2) is 0 Å². The molecule has 24 heavy (non-hydrogen) atoms. The largest absolute Gasteiger partial charge is 0.405 e. The van der Waals surface area contributed by atoms with Crippen LogP contribution in [0.4, 0.5) is 13.2 Å². The van der Waals surface area contributed by atoms with Crippen LogP contribution in [-0.4, -0.2) is 65.5 Å². The molecule has 1 aliphatic heterocycles. The maximum absolute atomic E-state index is 13.1. The number of aryl methyl sites for hydroxylation is 1. The predicted molar refractivity (Wildman–Crippen MR) is 88.6 cm³/mol. The van der Waals surface area contributed by atoms with Crippen molar-refractivity contribution < 1.29 is 18.0 Å². The number of aromatic nitrogens is 2. The summed E-state index contributed by atoms with van der Waals surface area (Å²) in [4.78, 5) is 13.1. The second-order valence-corrected chi connectivity index (χ2v) is 5.17. The van der Waals surface area contributed by atoms with E-state index in [4.69, 9.17) is 0 Å². The average molecular weight is 392 g/mol. The standard InChI is InChI=1S/C13H20F3N5O.2ClH/c14-13(15,16)11(20-8-4-17-5-9-20)10-18-12(22)2-7-21-6-1-3-19-21;;/h1,3,6,11,17H,2,4-5,7-10H2,(H,18,22);2*1H. The second kappa shape index (κ2) is 10.8. The van der Waals surface area contributed by atoms with E-state index in [0.29, 0.717) is 32.7 Å². The molecule has 1 amide bonds. The minimum Gasteiger partial charge on any atom is -0.354 e. The van der Waals surface area contributed by atoms with Crippen molar-refractivity contribution in [1.29, 1.82) is 0 Å². The van der Waals surface area contributed by atoms with Crippen LogP contribution in [0, 0.1) is 0 Å². The summed E-state index contributed by atoms with van der Waals surface area (Å²) in [5.74, 6) is -0.403. The molecule has 2 heterocycles. The van der Waals surface area contributed by atoms with Crippen LogP contribution in [0.3, 0.4) is 0 Å². The smallest absolute Gasteiger partial charge is 0.354 e. The van der Waals surface area contributed by atoms with E-state index in [1.807, 2.05) is 0 Å². The first-order valence-corrected chi connectivity index (χ1v) is 7.22. The van der Waals surface area contributed by atoms with Crippen molar-refractivity contribution in [1.82, 2.24) is 25.3 Å². The highest BCUT2D eigenvalue weighted by Gasteiger charge is 2.43. The number of amides is 1. The highest BCUT2D eigenvalue weighted by molar-refractivity contribution is 5.85. The van der Waals surface area contributed by atoms with Crippen molar-refractivity contribution in [2.75, 3.05) is 32.7 Å². The third kappa shape index (κ3) is 7.25. The summed E-state index contributed by atoms with van der Waals surface area (Å²) in [6.07, 6.45) is -0.963. The van der Waals surface area contributed by atoms with Crippen LogP contribution in [0.1, 0.15) is 6.42 Å². The van der Waals surface area contributed by atoms with Gasteiger partial charge in [-0.15, -0.1) is 24.8 Å². The average Bonchev–Trinajstić information content (AvgIpc) is 2.98. The lowest BCUT2D eigenvalue weighted by Crippen LogP contribution is -2.57. The van der Waals surface area contributed by atoms with Gasteiger partial charge in [-0.2, -0.15) is 18.3 Å². The van der Waals surface area contributed by atoms with E-state index in [1.165, 1.54) is 4.90 Å². The molecule has 140 valence electrons. The van der Waals surface area contributed by atoms with E-state index in [0.717, 1.165) is 0 Å². The topological polar surface area (TPSA) is 62.2 Å². The van der Waals surface area contributed by atoms with Crippen molar-refractivity contribution in [2.45, 2.75) is 25.2 Å². The van der Waals surface area contributed by atoms with Gasteiger partial charge in [0.15, 0.2) is 0 Å². The van der Waals surface area contributed by atoms with Crippen LogP contribution in [-0.2, 0) is 11.3 Å². The number of carbonyl (C=O) groups is 1. The van der Waals surface area contributed by atoms with E-state index < -0.39 is 24.7 Å². The molecule has 0 bridgehead atoms. The second-order valence-electron chi connectivity index (χ2n) is 5.17. The number of rotatable bonds is 6. The molecule has 11 heteroatoms. The van der Waals surface area contributed by atoms with Gasteiger partial charge in [0, 0.05) is 58.1 Å². The fourth-order valence-electron chi connectivity index (χ4n) is 2.39. The van der Waals surface area contributed by atoms with E-state index in [9.17, 15) is 18.0 Å². The van der Waals surface area contributed by atoms with Crippen LogP contribution in [0.15, 0.2) is 18.5 Å². The Labute approximate surface area is 151 Å². The third-order valence-electron chi connectivity index (χ3n) is 3.59. The molecular weight excluding hydrogens is 370 g/mol. The Morgan fingerprint density at radius 1 is 1.29 bits per heavy atom. The Hall–Kier alpha value is -1.03. The van der Waals surface area contributed by atoms with Crippen LogP contribution in [0.2, 0.25) is 0 Å². The first kappa shape index (κ1) is 23.0. The van der Waals surface area contributed by atoms with Gasteiger partial charge in [-0.1, -0.05) is 0 Å². The first-order chi connectivity index (χ1) is 10.5. The lowest BCUT2D eigenvalue weighted by molar-refractivity contribution is -0.184. The maximum atomic E-state index is 13.1. The lowest BCUT2D eigenvalue weighted by atomic mass is 10.2. The van der Waals surface area contributed by atoms with Crippen molar-refractivity contribution in [3.8, 4) is 0 Å². The number of halogens is 5. The number of alkyl halides is 3. The Kier molecular flexibility index (Phi) is 10.3. The van der Waals surface area contributed by atoms with Crippen LogP contribution in [0.5, 0.6) is 0 Å². The first-order valence-electron chi connectivity index (χ1n) is 7.22. The van der Waals surface area contributed by atoms with Crippen LogP contribution < -0.4 is 10.6 Å². The molecule has 0 aliphatic carbocycles. The molecule has 2 N–H and O–H groups in total. The molecule has 1 aliphatic rings. The monoisotopic (exact) mass is 391 g/mol. The normalized spacial score (nSPS) is 16.6. The minimum absolute atomic E-state index is 0. The van der Waals surface area contributed by atoms with Crippen LogP contribution >= 0.6 is 24.8 Å². The zero-order valence-electron chi connectivity index (χ0n) is 13.0. The molecule has 1 saturated heterocycles. The zero-order valence-corrected chi connectivity index (χ0v) is 14.6. The third-order valence-corrected chi connectivity index (χ3v) is 3.59. The molecule has 1 aromatic rings. The number of hydrogen-bond donors (Lipinski definition) is 2. The van der Waals surface area contributed by atoms with E-state index in [1.54, 1.807) is 23.1 Å². The molecular formula is C13H22Cl2F3N5O. The van der Waals surface area contributed by atoms with Crippen molar-refractivity contribution in [3.05, 3.63) is 18.5 Å². The summed E-state index contributed by atoms with van der Waals surface area (Å²) < 4.78 is 41.0. The van der Waals surface area contributed by atoms with Gasteiger partial charge in [-0.05, 0) is 6.07 Å². The van der Waals surface area contributed by atoms with Gasteiger partial charge in [0.05, 0.1) is 0 Å². The van der Waals surface area contributed by atoms with Gasteiger partial charge < -0.3 is 10.6 Å². The molecule has 1 unspecified atom stereocenters. The fourth-order valence-corrected chi connectivity index (χ4v) is 2.39. The lowest BCUT2D eigenvalue weighted by Gasteiger charge is -2.35. The van der Waals surface area contributed by atoms with Crippen molar-refractivity contribution >= 4 is 30.7 Å². The highest BCUT2D eigenvalue weighted by atomic mass is 35.5. The number of hydrogen-bond acceptors (Lipinski definition) is 4. The van der Waals surface area contributed by atoms with Crippen molar-refractivity contribution in [2.24, 2.45) is 0 Å². The molecule has 0 aromatic carbocycles. The zero-order chi connectivity index (χ0) is 16.0. The quantitative estimate of drug-likeness (QED) is 0.761. The number of carbonyl (C=O) groups excluding carboxylic acids is 1. The molecule has 0 radical (unpaired) electrons. The van der Waals surface area contributed by atoms with Gasteiger partial charge in [-0.3, -0.25) is 14.4 Å². The van der Waals surface area contributed by atoms with Gasteiger partial charge in [0.1, 0.15) is 6.04 Å². The summed E-state index contributed by atoms with van der Waals surface area (Å²) in [6.45, 7) is 1.64. The Bertz CT molecular complexity index is 467. The summed E-state index contributed by atoms with van der Waals surface area (Å²) in [6, 6.07) is 0.0883. The molecule has 1 aromatic heterocycles. The number of nitrogens with zero attached hydrogens (tertiary/aromatic N) is 3. The molecule has 0 spiro atoms. The maximum Gasteiger partial charge on any atom is 0.405 e. The van der Waals surface area contributed by atoms with Crippen LogP contribution in [0.25, 0.3) is 0 Å². The molecule has 1 fully saturated rings. The predicted octanol–water partition coefficient (Wildman–Crippen LogP) is 1.07. The van der Waals surface area contributed by atoms with E-state index in [2.05, 4.69) is 15.7 Å². The molecule has 2 rings (SSSR count). The molecule has 1 atom stereocenters. The number of nitrogens with one attached hydrogen (secondary N) is 2. The van der Waals surface area contributed by atoms with E-state index in [-0.39, 0.29) is 31.2 Å². The minimum atomic E-state index is -4.35. The Morgan fingerprint density at radius 2 is 1.96 bits per heavy atom. The van der Waals surface area contributed by atoms with Crippen molar-refractivity contribution in [3.63, 3.8) is 0 Å². The number of piperazine rings is 1. The summed E-state index contributed by atoms with van der Waals surface area (Å²) >= 11 is 0. The summed E-state index contributed by atoms with van der Waals surface area (Å²) in [7, 11) is 0. The van der Waals surface area contributed by atoms with Gasteiger partial charge in [0.2, 0.25) is 5.91 Å². The van der Waals surface area contributed by atoms with E-state index >= 15 is 0 Å². The van der Waals surface area contributed by atoms with Gasteiger partial charge >= 0.3 is 6.18 Å². The Morgan fingerprint density at radius 3 is 2.50 bits per heavy atom. The summed E-state index contributed by atoms with van der Waals surface area (Å²) in [5, 5.41) is 9.34. The Balaban J connectivity index is 0.00000264. The highest BCUT2D eigenvalue weighted by Crippen LogP contribution is 2.24. The van der Waals surface area contributed by atoms with Gasteiger partial charge in [0.25, 0.3) is 0 Å². The molecule has 6 nitrogen and oxygen atoms in total. The fraction of sp³-hybridized carbons (Fsp3) is 0.692. The summed E-state index contributed by atoms with van der Waals surface area (Å²) in [5.41, 5.74) is 0.